The fraction of sp³-hybridized carbons (Fsp3) is 0.818. The number of carbonyl (C=O) groups is 2. The number of hydrogen-bond acceptors (Lipinski definition) is 3. The van der Waals surface area contributed by atoms with Crippen LogP contribution in [-0.4, -0.2) is 36.5 Å². The quantitative estimate of drug-likeness (QED) is 0.606. The molecule has 0 aliphatic rings. The summed E-state index contributed by atoms with van der Waals surface area (Å²) in [5.74, 6) is -0.420. The maximum atomic E-state index is 11.6. The summed E-state index contributed by atoms with van der Waals surface area (Å²) in [4.78, 5) is 24.2. The minimum absolute atomic E-state index is 0.0968. The third-order valence-electron chi connectivity index (χ3n) is 1.99. The molecule has 1 amide bonds. The maximum Gasteiger partial charge on any atom is 0.306 e. The second-order valence-corrected chi connectivity index (χ2v) is 3.40. The van der Waals surface area contributed by atoms with Gasteiger partial charge in [-0.3, -0.25) is 9.59 Å². The van der Waals surface area contributed by atoms with E-state index in [2.05, 4.69) is 0 Å². The highest BCUT2D eigenvalue weighted by molar-refractivity contribution is 5.80. The van der Waals surface area contributed by atoms with E-state index in [1.807, 2.05) is 13.8 Å². The summed E-state index contributed by atoms with van der Waals surface area (Å²) >= 11 is 0. The first-order chi connectivity index (χ1) is 7.15. The van der Waals surface area contributed by atoms with Crippen LogP contribution in [0.15, 0.2) is 0 Å². The van der Waals surface area contributed by atoms with Crippen LogP contribution in [0.1, 0.15) is 40.0 Å². The van der Waals surface area contributed by atoms with Crippen LogP contribution in [0.25, 0.3) is 0 Å². The number of rotatable bonds is 7. The molecule has 0 aliphatic heterocycles. The molecular formula is C11H21NO3. The molecular weight excluding hydrogens is 194 g/mol. The van der Waals surface area contributed by atoms with Gasteiger partial charge in [0.15, 0.2) is 6.61 Å². The Morgan fingerprint density at radius 3 is 2.00 bits per heavy atom. The highest BCUT2D eigenvalue weighted by Gasteiger charge is 2.13. The zero-order valence-corrected chi connectivity index (χ0v) is 9.91. The van der Waals surface area contributed by atoms with Crippen molar-refractivity contribution in [3.05, 3.63) is 0 Å². The first-order valence-electron chi connectivity index (χ1n) is 5.59. The fourth-order valence-corrected chi connectivity index (χ4v) is 1.24. The predicted molar refractivity (Wildman–Crippen MR) is 58.4 cm³/mol. The lowest BCUT2D eigenvalue weighted by atomic mass is 10.3. The Morgan fingerprint density at radius 1 is 1.07 bits per heavy atom. The van der Waals surface area contributed by atoms with Gasteiger partial charge in [0, 0.05) is 19.5 Å². The van der Waals surface area contributed by atoms with Crippen molar-refractivity contribution in [2.45, 2.75) is 40.0 Å². The first-order valence-corrected chi connectivity index (χ1v) is 5.59. The maximum absolute atomic E-state index is 11.6. The van der Waals surface area contributed by atoms with Crippen molar-refractivity contribution in [3.8, 4) is 0 Å². The van der Waals surface area contributed by atoms with Crippen molar-refractivity contribution in [2.24, 2.45) is 0 Å². The molecule has 0 aromatic heterocycles. The van der Waals surface area contributed by atoms with Crippen LogP contribution in [0.4, 0.5) is 0 Å². The third kappa shape index (κ3) is 6.10. The Morgan fingerprint density at radius 2 is 1.60 bits per heavy atom. The van der Waals surface area contributed by atoms with E-state index in [9.17, 15) is 9.59 Å². The Balaban J connectivity index is 3.96. The molecule has 0 saturated heterocycles. The molecule has 0 bridgehead atoms. The monoisotopic (exact) mass is 215 g/mol. The van der Waals surface area contributed by atoms with Crippen LogP contribution in [-0.2, 0) is 14.3 Å². The number of ether oxygens (including phenoxy) is 1. The van der Waals surface area contributed by atoms with Gasteiger partial charge in [-0.15, -0.1) is 0 Å². The second-order valence-electron chi connectivity index (χ2n) is 3.40. The molecule has 15 heavy (non-hydrogen) atoms. The summed E-state index contributed by atoms with van der Waals surface area (Å²) < 4.78 is 4.80. The molecule has 0 radical (unpaired) electrons. The average molecular weight is 215 g/mol. The Bertz CT molecular complexity index is 198. The number of hydrogen-bond donors (Lipinski definition) is 0. The molecule has 0 aliphatic carbocycles. The molecule has 0 fully saturated rings. The van der Waals surface area contributed by atoms with Gasteiger partial charge in [-0.1, -0.05) is 20.8 Å². The first kappa shape index (κ1) is 13.9. The zero-order chi connectivity index (χ0) is 11.7. The van der Waals surface area contributed by atoms with Crippen LogP contribution < -0.4 is 0 Å². The molecule has 0 atom stereocenters. The molecule has 0 rings (SSSR count). The van der Waals surface area contributed by atoms with Crippen molar-refractivity contribution >= 4 is 11.9 Å². The van der Waals surface area contributed by atoms with Crippen molar-refractivity contribution in [3.63, 3.8) is 0 Å². The van der Waals surface area contributed by atoms with Crippen LogP contribution in [0, 0.1) is 0 Å². The van der Waals surface area contributed by atoms with Gasteiger partial charge in [0.25, 0.3) is 5.91 Å². The third-order valence-corrected chi connectivity index (χ3v) is 1.99. The normalized spacial score (nSPS) is 9.80. The number of nitrogens with zero attached hydrogens (tertiary/aromatic N) is 1. The smallest absolute Gasteiger partial charge is 0.306 e. The van der Waals surface area contributed by atoms with Crippen LogP contribution >= 0.6 is 0 Å². The Labute approximate surface area is 91.6 Å². The van der Waals surface area contributed by atoms with Gasteiger partial charge in [0.2, 0.25) is 0 Å². The van der Waals surface area contributed by atoms with Crippen LogP contribution in [0.2, 0.25) is 0 Å². The molecule has 0 N–H and O–H groups in total. The minimum atomic E-state index is -0.323. The number of amides is 1. The SMILES string of the molecule is CCCN(CCC)C(=O)COC(=O)CC. The van der Waals surface area contributed by atoms with E-state index < -0.39 is 0 Å². The van der Waals surface area contributed by atoms with E-state index in [0.717, 1.165) is 25.9 Å². The molecule has 88 valence electrons. The summed E-state index contributed by atoms with van der Waals surface area (Å²) in [7, 11) is 0. The van der Waals surface area contributed by atoms with Gasteiger partial charge in [-0.25, -0.2) is 0 Å². The fourth-order valence-electron chi connectivity index (χ4n) is 1.24. The van der Waals surface area contributed by atoms with Gasteiger partial charge < -0.3 is 9.64 Å². The minimum Gasteiger partial charge on any atom is -0.456 e. The van der Waals surface area contributed by atoms with Crippen LogP contribution in [0.3, 0.4) is 0 Å². The molecule has 4 heteroatoms. The summed E-state index contributed by atoms with van der Waals surface area (Å²) in [5.41, 5.74) is 0. The Hall–Kier alpha value is -1.06. The van der Waals surface area contributed by atoms with E-state index in [1.54, 1.807) is 11.8 Å². The standard InChI is InChI=1S/C11H21NO3/c1-4-7-12(8-5-2)10(13)9-15-11(14)6-3/h4-9H2,1-3H3. The van der Waals surface area contributed by atoms with Crippen molar-refractivity contribution in [2.75, 3.05) is 19.7 Å². The predicted octanol–water partition coefficient (Wildman–Crippen LogP) is 1.59. The van der Waals surface area contributed by atoms with Gasteiger partial charge in [0.1, 0.15) is 0 Å². The molecule has 0 heterocycles. The lowest BCUT2D eigenvalue weighted by Crippen LogP contribution is -2.35. The van der Waals surface area contributed by atoms with Crippen molar-refractivity contribution in [1.29, 1.82) is 0 Å². The summed E-state index contributed by atoms with van der Waals surface area (Å²) in [6.07, 6.45) is 2.16. The molecule has 0 unspecified atom stereocenters. The van der Waals surface area contributed by atoms with Crippen molar-refractivity contribution < 1.29 is 14.3 Å². The van der Waals surface area contributed by atoms with Gasteiger partial charge in [-0.05, 0) is 12.8 Å². The van der Waals surface area contributed by atoms with Gasteiger partial charge in [-0.2, -0.15) is 0 Å². The molecule has 0 aromatic carbocycles. The van der Waals surface area contributed by atoms with Gasteiger partial charge >= 0.3 is 5.97 Å². The summed E-state index contributed by atoms with van der Waals surface area (Å²) in [6, 6.07) is 0. The lowest BCUT2D eigenvalue weighted by Gasteiger charge is -2.21. The van der Waals surface area contributed by atoms with Crippen molar-refractivity contribution in [1.82, 2.24) is 4.90 Å². The van der Waals surface area contributed by atoms with E-state index in [4.69, 9.17) is 4.74 Å². The number of carbonyl (C=O) groups excluding carboxylic acids is 2. The summed E-state index contributed by atoms with van der Waals surface area (Å²) in [5, 5.41) is 0. The second kappa shape index (κ2) is 8.26. The molecule has 4 nitrogen and oxygen atoms in total. The molecule has 0 spiro atoms. The highest BCUT2D eigenvalue weighted by Crippen LogP contribution is 1.96. The van der Waals surface area contributed by atoms with E-state index in [1.165, 1.54) is 0 Å². The van der Waals surface area contributed by atoms with E-state index >= 15 is 0 Å². The molecule has 0 saturated carbocycles. The lowest BCUT2D eigenvalue weighted by molar-refractivity contribution is -0.151. The Kier molecular flexibility index (Phi) is 7.68. The van der Waals surface area contributed by atoms with Gasteiger partial charge in [0.05, 0.1) is 0 Å². The van der Waals surface area contributed by atoms with Crippen LogP contribution in [0.5, 0.6) is 0 Å². The zero-order valence-electron chi connectivity index (χ0n) is 9.91. The highest BCUT2D eigenvalue weighted by atomic mass is 16.5. The summed E-state index contributed by atoms with van der Waals surface area (Å²) in [6.45, 7) is 7.10. The molecule has 0 aromatic rings. The average Bonchev–Trinajstić information content (AvgIpc) is 2.25. The topological polar surface area (TPSA) is 46.6 Å². The van der Waals surface area contributed by atoms with E-state index in [-0.39, 0.29) is 18.5 Å². The largest absolute Gasteiger partial charge is 0.456 e. The number of esters is 1. The van der Waals surface area contributed by atoms with E-state index in [0.29, 0.717) is 6.42 Å².